The maximum Gasteiger partial charge on any atom is 0.586 e. The third kappa shape index (κ3) is 4.69. The van der Waals surface area contributed by atoms with Crippen LogP contribution in [0.5, 0.6) is 17.2 Å². The average Bonchev–Trinajstić information content (AvgIpc) is 3.14. The standard InChI is InChI=1S/C28H24F3NO5/c1-15-13-27(2,3)32-21-9-8-18(19-7-6-17(29)12-23(19)34-4)20(25(15)21)14-35-26(33)16-5-10-22-24(11-16)37-28(30,31)36-22/h5-13,32H,14H2,1-4H3. The van der Waals surface area contributed by atoms with Crippen LogP contribution in [0.2, 0.25) is 0 Å². The van der Waals surface area contributed by atoms with Crippen molar-refractivity contribution in [2.45, 2.75) is 39.2 Å². The van der Waals surface area contributed by atoms with Gasteiger partial charge >= 0.3 is 12.3 Å². The number of hydrogen-bond acceptors (Lipinski definition) is 6. The average molecular weight is 511 g/mol. The van der Waals surface area contributed by atoms with Gasteiger partial charge in [0.05, 0.1) is 18.2 Å². The van der Waals surface area contributed by atoms with Crippen molar-refractivity contribution in [2.75, 3.05) is 12.4 Å². The maximum absolute atomic E-state index is 13.9. The third-order valence-corrected chi connectivity index (χ3v) is 6.18. The molecule has 0 aromatic heterocycles. The van der Waals surface area contributed by atoms with Gasteiger partial charge in [0.15, 0.2) is 11.5 Å². The molecule has 2 aliphatic heterocycles. The Hall–Kier alpha value is -4.14. The number of halogens is 3. The van der Waals surface area contributed by atoms with E-state index in [2.05, 4.69) is 20.9 Å². The molecule has 0 amide bonds. The number of anilines is 1. The van der Waals surface area contributed by atoms with E-state index in [-0.39, 0.29) is 29.2 Å². The van der Waals surface area contributed by atoms with E-state index in [1.807, 2.05) is 32.9 Å². The van der Waals surface area contributed by atoms with Gasteiger partial charge in [0.25, 0.3) is 0 Å². The normalized spacial score (nSPS) is 16.4. The summed E-state index contributed by atoms with van der Waals surface area (Å²) in [5.74, 6) is -1.27. The number of allylic oxidation sites excluding steroid dienone is 1. The second-order valence-electron chi connectivity index (χ2n) is 9.44. The van der Waals surface area contributed by atoms with Crippen molar-refractivity contribution >= 4 is 17.2 Å². The Kier molecular flexibility index (Phi) is 5.81. The van der Waals surface area contributed by atoms with Crippen LogP contribution < -0.4 is 19.5 Å². The highest BCUT2D eigenvalue weighted by Crippen LogP contribution is 2.44. The van der Waals surface area contributed by atoms with Gasteiger partial charge in [-0.1, -0.05) is 12.1 Å². The van der Waals surface area contributed by atoms with Crippen LogP contribution in [0.4, 0.5) is 18.9 Å². The summed E-state index contributed by atoms with van der Waals surface area (Å²) in [5.41, 5.74) is 4.40. The summed E-state index contributed by atoms with van der Waals surface area (Å²) >= 11 is 0. The summed E-state index contributed by atoms with van der Waals surface area (Å²) < 4.78 is 60.6. The highest BCUT2D eigenvalue weighted by molar-refractivity contribution is 5.91. The smallest absolute Gasteiger partial charge is 0.496 e. The first kappa shape index (κ1) is 24.5. The highest BCUT2D eigenvalue weighted by Gasteiger charge is 2.43. The van der Waals surface area contributed by atoms with Crippen LogP contribution in [0.15, 0.2) is 54.6 Å². The van der Waals surface area contributed by atoms with Crippen molar-refractivity contribution < 1.29 is 36.9 Å². The van der Waals surface area contributed by atoms with Crippen molar-refractivity contribution in [1.29, 1.82) is 0 Å². The van der Waals surface area contributed by atoms with Crippen LogP contribution in [-0.4, -0.2) is 24.9 Å². The molecule has 3 aromatic carbocycles. The van der Waals surface area contributed by atoms with Crippen LogP contribution in [0.1, 0.15) is 42.3 Å². The number of hydrogen-bond donors (Lipinski definition) is 1. The molecule has 2 aliphatic rings. The Balaban J connectivity index is 1.53. The highest BCUT2D eigenvalue weighted by atomic mass is 19.3. The van der Waals surface area contributed by atoms with E-state index in [0.717, 1.165) is 22.9 Å². The van der Waals surface area contributed by atoms with Gasteiger partial charge in [-0.15, -0.1) is 8.78 Å². The Morgan fingerprint density at radius 3 is 2.49 bits per heavy atom. The molecule has 5 rings (SSSR count). The lowest BCUT2D eigenvalue weighted by molar-refractivity contribution is -0.286. The lowest BCUT2D eigenvalue weighted by atomic mass is 9.85. The number of ether oxygens (including phenoxy) is 4. The van der Waals surface area contributed by atoms with E-state index in [4.69, 9.17) is 9.47 Å². The molecule has 2 heterocycles. The monoisotopic (exact) mass is 511 g/mol. The van der Waals surface area contributed by atoms with Gasteiger partial charge in [-0.25, -0.2) is 9.18 Å². The van der Waals surface area contributed by atoms with Crippen molar-refractivity contribution in [2.24, 2.45) is 0 Å². The fourth-order valence-electron chi connectivity index (χ4n) is 4.79. The zero-order chi connectivity index (χ0) is 26.5. The van der Waals surface area contributed by atoms with Crippen molar-refractivity contribution in [1.82, 2.24) is 0 Å². The topological polar surface area (TPSA) is 66.0 Å². The molecule has 0 radical (unpaired) electrons. The predicted molar refractivity (Wildman–Crippen MR) is 132 cm³/mol. The molecule has 9 heteroatoms. The quantitative estimate of drug-likeness (QED) is 0.381. The first-order valence-corrected chi connectivity index (χ1v) is 11.5. The Morgan fingerprint density at radius 1 is 1.00 bits per heavy atom. The minimum atomic E-state index is -3.79. The van der Waals surface area contributed by atoms with E-state index >= 15 is 0 Å². The summed E-state index contributed by atoms with van der Waals surface area (Å²) in [7, 11) is 1.45. The van der Waals surface area contributed by atoms with Gasteiger partial charge in [-0.2, -0.15) is 0 Å². The number of carbonyl (C=O) groups is 1. The minimum Gasteiger partial charge on any atom is -0.496 e. The Bertz CT molecular complexity index is 1450. The number of fused-ring (bicyclic) bond motifs is 2. The van der Waals surface area contributed by atoms with Crippen LogP contribution in [0.25, 0.3) is 16.7 Å². The van der Waals surface area contributed by atoms with Crippen molar-refractivity contribution in [3.8, 4) is 28.4 Å². The van der Waals surface area contributed by atoms with Crippen LogP contribution in [0.3, 0.4) is 0 Å². The van der Waals surface area contributed by atoms with E-state index in [9.17, 15) is 18.0 Å². The van der Waals surface area contributed by atoms with Crippen LogP contribution >= 0.6 is 0 Å². The molecule has 0 aliphatic carbocycles. The largest absolute Gasteiger partial charge is 0.586 e. The summed E-state index contributed by atoms with van der Waals surface area (Å²) in [6.07, 6.45) is -1.72. The number of methoxy groups -OCH3 is 1. The molecule has 0 atom stereocenters. The first-order chi connectivity index (χ1) is 17.5. The van der Waals surface area contributed by atoms with E-state index in [0.29, 0.717) is 22.4 Å². The molecule has 0 unspecified atom stereocenters. The number of nitrogens with one attached hydrogen (secondary N) is 1. The van der Waals surface area contributed by atoms with E-state index < -0.39 is 18.1 Å². The fourth-order valence-corrected chi connectivity index (χ4v) is 4.79. The Morgan fingerprint density at radius 2 is 1.73 bits per heavy atom. The van der Waals surface area contributed by atoms with Crippen LogP contribution in [-0.2, 0) is 11.3 Å². The molecule has 0 bridgehead atoms. The molecule has 1 N–H and O–H groups in total. The van der Waals surface area contributed by atoms with Gasteiger partial charge in [0, 0.05) is 28.4 Å². The van der Waals surface area contributed by atoms with Gasteiger partial charge in [0.1, 0.15) is 18.2 Å². The predicted octanol–water partition coefficient (Wildman–Crippen LogP) is 6.79. The van der Waals surface area contributed by atoms with Crippen molar-refractivity contribution in [3.63, 3.8) is 0 Å². The fraction of sp³-hybridized carbons (Fsp3) is 0.250. The Labute approximate surface area is 211 Å². The molecule has 37 heavy (non-hydrogen) atoms. The lowest BCUT2D eigenvalue weighted by Gasteiger charge is -2.33. The zero-order valence-electron chi connectivity index (χ0n) is 20.6. The van der Waals surface area contributed by atoms with Gasteiger partial charge < -0.3 is 24.3 Å². The molecular weight excluding hydrogens is 487 g/mol. The summed E-state index contributed by atoms with van der Waals surface area (Å²) in [6.45, 7) is 5.91. The van der Waals surface area contributed by atoms with Gasteiger partial charge in [-0.3, -0.25) is 0 Å². The third-order valence-electron chi connectivity index (χ3n) is 6.18. The zero-order valence-corrected chi connectivity index (χ0v) is 20.6. The first-order valence-electron chi connectivity index (χ1n) is 11.5. The second-order valence-corrected chi connectivity index (χ2v) is 9.44. The molecular formula is C28H24F3NO5. The van der Waals surface area contributed by atoms with Gasteiger partial charge in [-0.05, 0) is 68.3 Å². The molecule has 192 valence electrons. The summed E-state index contributed by atoms with van der Waals surface area (Å²) in [5, 5.41) is 3.47. The molecule has 6 nitrogen and oxygen atoms in total. The number of alkyl halides is 2. The SMILES string of the molecule is COc1cc(F)ccc1-c1ccc2c(c1COC(=O)c1ccc3c(c1)OC(F)(F)O3)C(C)=CC(C)(C)N2. The molecule has 0 fully saturated rings. The summed E-state index contributed by atoms with van der Waals surface area (Å²) in [6, 6.07) is 11.7. The number of esters is 1. The van der Waals surface area contributed by atoms with Crippen molar-refractivity contribution in [3.05, 3.63) is 77.1 Å². The molecule has 0 spiro atoms. The minimum absolute atomic E-state index is 0.0253. The number of rotatable bonds is 5. The molecule has 0 saturated heterocycles. The lowest BCUT2D eigenvalue weighted by Crippen LogP contribution is -2.32. The number of carbonyl (C=O) groups excluding carboxylic acids is 1. The molecule has 0 saturated carbocycles. The molecule has 3 aromatic rings. The summed E-state index contributed by atoms with van der Waals surface area (Å²) in [4.78, 5) is 12.9. The van der Waals surface area contributed by atoms with E-state index in [1.54, 1.807) is 6.07 Å². The second kappa shape index (κ2) is 8.76. The van der Waals surface area contributed by atoms with Crippen LogP contribution in [0, 0.1) is 5.82 Å². The maximum atomic E-state index is 13.9. The van der Waals surface area contributed by atoms with E-state index in [1.165, 1.54) is 31.4 Å². The number of benzene rings is 3. The van der Waals surface area contributed by atoms with Gasteiger partial charge in [0.2, 0.25) is 0 Å².